The quantitative estimate of drug-likeness (QED) is 0.851. The lowest BCUT2D eigenvalue weighted by molar-refractivity contribution is 0.0221. The second-order valence-corrected chi connectivity index (χ2v) is 7.35. The summed E-state index contributed by atoms with van der Waals surface area (Å²) in [4.78, 5) is 26.4. The molecule has 0 spiro atoms. The summed E-state index contributed by atoms with van der Waals surface area (Å²) in [6, 6.07) is 0.121. The Kier molecular flexibility index (Phi) is 5.41. The Hall–Kier alpha value is -2.49. The molecule has 1 aliphatic rings. The first-order valence-electron chi connectivity index (χ1n) is 8.44. The van der Waals surface area contributed by atoms with Gasteiger partial charge in [0.2, 0.25) is 0 Å². The van der Waals surface area contributed by atoms with Gasteiger partial charge in [-0.2, -0.15) is 5.10 Å². The zero-order valence-electron chi connectivity index (χ0n) is 15.5. The highest BCUT2D eigenvalue weighted by Crippen LogP contribution is 2.26. The number of carbonyl (C=O) groups is 2. The molecule has 7 nitrogen and oxygen atoms in total. The molecule has 0 unspecified atom stereocenters. The third-order valence-corrected chi connectivity index (χ3v) is 3.79. The van der Waals surface area contributed by atoms with Crippen LogP contribution in [0.4, 0.5) is 4.79 Å². The van der Waals surface area contributed by atoms with E-state index < -0.39 is 5.60 Å². The lowest BCUT2D eigenvalue weighted by atomic mass is 10.0. The molecule has 0 fully saturated rings. The normalized spacial score (nSPS) is 14.0. The van der Waals surface area contributed by atoms with Crippen molar-refractivity contribution in [3.05, 3.63) is 17.0 Å². The van der Waals surface area contributed by atoms with E-state index in [9.17, 15) is 9.59 Å². The molecule has 0 aliphatic carbocycles. The first-order valence-corrected chi connectivity index (χ1v) is 8.44. The molecule has 2 heterocycles. The molecule has 0 saturated carbocycles. The van der Waals surface area contributed by atoms with Crippen LogP contribution in [0.15, 0.2) is 0 Å². The lowest BCUT2D eigenvalue weighted by Crippen LogP contribution is -2.40. The van der Waals surface area contributed by atoms with Gasteiger partial charge < -0.3 is 15.0 Å². The molecule has 0 aromatic carbocycles. The molecule has 136 valence electrons. The van der Waals surface area contributed by atoms with Crippen LogP contribution in [0.1, 0.15) is 62.4 Å². The number of nitrogens with zero attached hydrogens (tertiary/aromatic N) is 3. The number of amides is 2. The molecule has 1 N–H and O–H groups in total. The van der Waals surface area contributed by atoms with Crippen molar-refractivity contribution in [3.63, 3.8) is 0 Å². The summed E-state index contributed by atoms with van der Waals surface area (Å²) >= 11 is 0. The van der Waals surface area contributed by atoms with Crippen LogP contribution in [0.3, 0.4) is 0 Å². The summed E-state index contributed by atoms with van der Waals surface area (Å²) in [5, 5.41) is 7.12. The van der Waals surface area contributed by atoms with Gasteiger partial charge in [0.05, 0.1) is 13.1 Å². The molecule has 0 bridgehead atoms. The summed E-state index contributed by atoms with van der Waals surface area (Å²) in [6.45, 7) is 10.5. The van der Waals surface area contributed by atoms with Crippen molar-refractivity contribution < 1.29 is 14.3 Å². The van der Waals surface area contributed by atoms with Gasteiger partial charge in [0.1, 0.15) is 5.60 Å². The Morgan fingerprint density at radius 3 is 2.64 bits per heavy atom. The zero-order chi connectivity index (χ0) is 18.8. The average molecular weight is 346 g/mol. The summed E-state index contributed by atoms with van der Waals surface area (Å²) in [5.41, 5.74) is 1.51. The van der Waals surface area contributed by atoms with Crippen molar-refractivity contribution in [1.82, 2.24) is 20.0 Å². The van der Waals surface area contributed by atoms with Crippen molar-refractivity contribution >= 4 is 12.0 Å². The molecule has 0 saturated heterocycles. The first kappa shape index (κ1) is 18.8. The molecule has 2 rings (SSSR count). The van der Waals surface area contributed by atoms with E-state index in [0.717, 1.165) is 11.3 Å². The molecular formula is C18H26N4O3. The Morgan fingerprint density at radius 2 is 2.08 bits per heavy atom. The fraction of sp³-hybridized carbons (Fsp3) is 0.611. The zero-order valence-corrected chi connectivity index (χ0v) is 15.5. The number of terminal acetylenes is 1. The number of aromatic nitrogens is 2. The molecule has 1 aromatic rings. The molecular weight excluding hydrogens is 320 g/mol. The van der Waals surface area contributed by atoms with Gasteiger partial charge in [0.15, 0.2) is 5.69 Å². The lowest BCUT2D eigenvalue weighted by Gasteiger charge is -2.30. The number of hydrogen-bond donors (Lipinski definition) is 1. The Balaban J connectivity index is 2.31. The summed E-state index contributed by atoms with van der Waals surface area (Å²) < 4.78 is 7.30. The standard InChI is InChI=1S/C18H26N4O3/c1-7-9-19-16(23)15-13-11-21(17(24)25-18(4,5)6)10-8-14(13)22(20-15)12(2)3/h1,12H,8-11H2,2-6H3,(H,19,23). The SMILES string of the molecule is C#CCNC(=O)c1nn(C(C)C)c2c1CN(C(=O)OC(C)(C)C)CC2. The van der Waals surface area contributed by atoms with Crippen molar-refractivity contribution in [2.24, 2.45) is 0 Å². The van der Waals surface area contributed by atoms with Crippen LogP contribution in [0, 0.1) is 12.3 Å². The van der Waals surface area contributed by atoms with Gasteiger partial charge >= 0.3 is 6.09 Å². The van der Waals surface area contributed by atoms with E-state index in [2.05, 4.69) is 16.3 Å². The van der Waals surface area contributed by atoms with Crippen LogP contribution in [0.2, 0.25) is 0 Å². The van der Waals surface area contributed by atoms with Crippen molar-refractivity contribution in [3.8, 4) is 12.3 Å². The predicted octanol–water partition coefficient (Wildman–Crippen LogP) is 2.12. The van der Waals surface area contributed by atoms with E-state index >= 15 is 0 Å². The van der Waals surface area contributed by atoms with Crippen LogP contribution in [0.5, 0.6) is 0 Å². The highest BCUT2D eigenvalue weighted by Gasteiger charge is 2.32. The van der Waals surface area contributed by atoms with Gasteiger partial charge in [-0.15, -0.1) is 6.42 Å². The van der Waals surface area contributed by atoms with E-state index in [-0.39, 0.29) is 24.6 Å². The van der Waals surface area contributed by atoms with E-state index in [4.69, 9.17) is 11.2 Å². The topological polar surface area (TPSA) is 76.5 Å². The number of hydrogen-bond acceptors (Lipinski definition) is 4. The molecule has 25 heavy (non-hydrogen) atoms. The van der Waals surface area contributed by atoms with Crippen LogP contribution < -0.4 is 5.32 Å². The second kappa shape index (κ2) is 7.18. The number of nitrogens with one attached hydrogen (secondary N) is 1. The second-order valence-electron chi connectivity index (χ2n) is 7.35. The van der Waals surface area contributed by atoms with Crippen molar-refractivity contribution in [1.29, 1.82) is 0 Å². The Labute approximate surface area is 148 Å². The fourth-order valence-corrected chi connectivity index (χ4v) is 2.75. The molecule has 7 heteroatoms. The van der Waals surface area contributed by atoms with Crippen molar-refractivity contribution in [2.45, 2.75) is 59.2 Å². The van der Waals surface area contributed by atoms with Crippen LogP contribution in [-0.4, -0.2) is 45.4 Å². The Bertz CT molecular complexity index is 707. The van der Waals surface area contributed by atoms with Crippen LogP contribution >= 0.6 is 0 Å². The minimum atomic E-state index is -0.563. The minimum Gasteiger partial charge on any atom is -0.444 e. The largest absolute Gasteiger partial charge is 0.444 e. The highest BCUT2D eigenvalue weighted by atomic mass is 16.6. The predicted molar refractivity (Wildman–Crippen MR) is 94.1 cm³/mol. The summed E-state index contributed by atoms with van der Waals surface area (Å²) in [5.74, 6) is 2.06. The first-order chi connectivity index (χ1) is 11.6. The van der Waals surface area contributed by atoms with E-state index in [1.54, 1.807) is 4.90 Å². The monoisotopic (exact) mass is 346 g/mol. The average Bonchev–Trinajstić information content (AvgIpc) is 2.90. The maximum atomic E-state index is 12.4. The maximum Gasteiger partial charge on any atom is 0.410 e. The van der Waals surface area contributed by atoms with Crippen LogP contribution in [0.25, 0.3) is 0 Å². The van der Waals surface area contributed by atoms with E-state index in [0.29, 0.717) is 25.2 Å². The van der Waals surface area contributed by atoms with Gasteiger partial charge in [-0.1, -0.05) is 5.92 Å². The minimum absolute atomic E-state index is 0.121. The molecule has 0 radical (unpaired) electrons. The number of rotatable bonds is 3. The van der Waals surface area contributed by atoms with Gasteiger partial charge in [0.25, 0.3) is 5.91 Å². The van der Waals surface area contributed by atoms with Gasteiger partial charge in [-0.25, -0.2) is 4.79 Å². The summed E-state index contributed by atoms with van der Waals surface area (Å²) in [6.07, 6.45) is 5.45. The third kappa shape index (κ3) is 4.32. The fourth-order valence-electron chi connectivity index (χ4n) is 2.75. The van der Waals surface area contributed by atoms with E-state index in [1.807, 2.05) is 39.3 Å². The van der Waals surface area contributed by atoms with Gasteiger partial charge in [-0.05, 0) is 34.6 Å². The number of fused-ring (bicyclic) bond motifs is 1. The van der Waals surface area contributed by atoms with Gasteiger partial charge in [0, 0.05) is 30.3 Å². The Morgan fingerprint density at radius 1 is 1.40 bits per heavy atom. The van der Waals surface area contributed by atoms with E-state index in [1.165, 1.54) is 0 Å². The summed E-state index contributed by atoms with van der Waals surface area (Å²) in [7, 11) is 0. The maximum absolute atomic E-state index is 12.4. The molecule has 2 amide bonds. The van der Waals surface area contributed by atoms with Crippen LogP contribution in [-0.2, 0) is 17.7 Å². The number of ether oxygens (including phenoxy) is 1. The van der Waals surface area contributed by atoms with Gasteiger partial charge in [-0.3, -0.25) is 9.48 Å². The smallest absolute Gasteiger partial charge is 0.410 e. The molecule has 1 aromatic heterocycles. The molecule has 1 aliphatic heterocycles. The number of carbonyl (C=O) groups excluding carboxylic acids is 2. The highest BCUT2D eigenvalue weighted by molar-refractivity contribution is 5.94. The molecule has 0 atom stereocenters. The van der Waals surface area contributed by atoms with Crippen molar-refractivity contribution in [2.75, 3.05) is 13.1 Å². The third-order valence-electron chi connectivity index (χ3n) is 3.79.